The molecule has 2 rings (SSSR count). The third-order valence-corrected chi connectivity index (χ3v) is 2.16. The number of carboxylic acid groups (broad SMARTS) is 1. The van der Waals surface area contributed by atoms with Crippen molar-refractivity contribution >= 4 is 11.8 Å². The number of amides is 1. The van der Waals surface area contributed by atoms with E-state index in [0.717, 1.165) is 11.4 Å². The highest BCUT2D eigenvalue weighted by atomic mass is 16.4. The van der Waals surface area contributed by atoms with Crippen LogP contribution in [0.1, 0.15) is 5.69 Å². The Labute approximate surface area is 91.6 Å². The summed E-state index contributed by atoms with van der Waals surface area (Å²) in [6.07, 6.45) is 3.68. The van der Waals surface area contributed by atoms with Gasteiger partial charge >= 0.3 is 6.09 Å². The third kappa shape index (κ3) is 1.85. The molecule has 0 saturated heterocycles. The van der Waals surface area contributed by atoms with Gasteiger partial charge in [-0.25, -0.2) is 9.48 Å². The standard InChI is InChI=1S/C10H10N4O2/c1-7-9(13-10(15)16)6-12-14(7)8-2-4-11-5-3-8/h2-6,13H,1H3,(H,15,16). The number of anilines is 1. The van der Waals surface area contributed by atoms with Crippen LogP contribution in [0.2, 0.25) is 0 Å². The first-order valence-electron chi connectivity index (χ1n) is 4.63. The van der Waals surface area contributed by atoms with E-state index in [1.54, 1.807) is 36.1 Å². The molecule has 2 aromatic rings. The molecule has 0 aliphatic rings. The molecule has 0 fully saturated rings. The minimum absolute atomic E-state index is 0.476. The highest BCUT2D eigenvalue weighted by Crippen LogP contribution is 2.17. The Morgan fingerprint density at radius 2 is 2.12 bits per heavy atom. The Kier molecular flexibility index (Phi) is 2.55. The molecule has 0 saturated carbocycles. The lowest BCUT2D eigenvalue weighted by Crippen LogP contribution is -2.08. The van der Waals surface area contributed by atoms with E-state index in [1.807, 2.05) is 0 Å². The van der Waals surface area contributed by atoms with Crippen LogP contribution in [0.15, 0.2) is 30.7 Å². The van der Waals surface area contributed by atoms with Gasteiger partial charge in [0, 0.05) is 12.4 Å². The minimum Gasteiger partial charge on any atom is -0.465 e. The molecule has 1 amide bonds. The van der Waals surface area contributed by atoms with Crippen molar-refractivity contribution in [2.45, 2.75) is 6.92 Å². The molecule has 2 aromatic heterocycles. The molecule has 2 heterocycles. The van der Waals surface area contributed by atoms with E-state index in [-0.39, 0.29) is 0 Å². The summed E-state index contributed by atoms with van der Waals surface area (Å²) in [5.74, 6) is 0. The van der Waals surface area contributed by atoms with Gasteiger partial charge < -0.3 is 5.11 Å². The van der Waals surface area contributed by atoms with E-state index in [9.17, 15) is 4.79 Å². The maximum absolute atomic E-state index is 10.5. The van der Waals surface area contributed by atoms with Gasteiger partial charge in [-0.15, -0.1) is 0 Å². The summed E-state index contributed by atoms with van der Waals surface area (Å²) in [5, 5.41) is 15.0. The fraction of sp³-hybridized carbons (Fsp3) is 0.100. The van der Waals surface area contributed by atoms with Gasteiger partial charge in [0.1, 0.15) is 0 Å². The van der Waals surface area contributed by atoms with E-state index in [4.69, 9.17) is 5.11 Å². The van der Waals surface area contributed by atoms with Crippen LogP contribution in [0, 0.1) is 6.92 Å². The van der Waals surface area contributed by atoms with E-state index in [2.05, 4.69) is 15.4 Å². The van der Waals surface area contributed by atoms with Gasteiger partial charge in [-0.3, -0.25) is 10.3 Å². The monoisotopic (exact) mass is 218 g/mol. The molecular weight excluding hydrogens is 208 g/mol. The summed E-state index contributed by atoms with van der Waals surface area (Å²) >= 11 is 0. The third-order valence-electron chi connectivity index (χ3n) is 2.16. The van der Waals surface area contributed by atoms with Crippen LogP contribution in [0.3, 0.4) is 0 Å². The van der Waals surface area contributed by atoms with Crippen molar-refractivity contribution in [3.05, 3.63) is 36.4 Å². The van der Waals surface area contributed by atoms with Crippen LogP contribution in [0.5, 0.6) is 0 Å². The molecule has 0 aromatic carbocycles. The first kappa shape index (κ1) is 10.2. The number of nitrogens with one attached hydrogen (secondary N) is 1. The van der Waals surface area contributed by atoms with Gasteiger partial charge in [0.05, 0.1) is 23.3 Å². The fourth-order valence-electron chi connectivity index (χ4n) is 1.39. The van der Waals surface area contributed by atoms with Gasteiger partial charge in [0.15, 0.2) is 0 Å². The van der Waals surface area contributed by atoms with Crippen LogP contribution in [-0.2, 0) is 0 Å². The molecule has 82 valence electrons. The summed E-state index contributed by atoms with van der Waals surface area (Å²) < 4.78 is 1.65. The van der Waals surface area contributed by atoms with Crippen LogP contribution in [0.25, 0.3) is 5.69 Å². The molecule has 16 heavy (non-hydrogen) atoms. The van der Waals surface area contributed by atoms with Crippen molar-refractivity contribution in [1.82, 2.24) is 14.8 Å². The van der Waals surface area contributed by atoms with Gasteiger partial charge in [0.25, 0.3) is 0 Å². The maximum atomic E-state index is 10.5. The van der Waals surface area contributed by atoms with Crippen LogP contribution in [0.4, 0.5) is 10.5 Å². The lowest BCUT2D eigenvalue weighted by molar-refractivity contribution is 0.209. The molecule has 0 unspecified atom stereocenters. The molecule has 0 radical (unpaired) electrons. The molecular formula is C10H10N4O2. The SMILES string of the molecule is Cc1c(NC(=O)O)cnn1-c1ccncc1. The van der Waals surface area contributed by atoms with E-state index in [1.165, 1.54) is 6.20 Å². The summed E-state index contributed by atoms with van der Waals surface area (Å²) in [6, 6.07) is 3.59. The van der Waals surface area contributed by atoms with Gasteiger partial charge in [-0.2, -0.15) is 5.10 Å². The first-order valence-corrected chi connectivity index (χ1v) is 4.63. The second kappa shape index (κ2) is 4.01. The number of nitrogens with zero attached hydrogens (tertiary/aromatic N) is 3. The maximum Gasteiger partial charge on any atom is 0.409 e. The fourth-order valence-corrected chi connectivity index (χ4v) is 1.39. The molecule has 0 aliphatic carbocycles. The van der Waals surface area contributed by atoms with Crippen LogP contribution in [-0.4, -0.2) is 26.0 Å². The second-order valence-electron chi connectivity index (χ2n) is 3.19. The van der Waals surface area contributed by atoms with E-state index in [0.29, 0.717) is 5.69 Å². The highest BCUT2D eigenvalue weighted by Gasteiger charge is 2.09. The second-order valence-corrected chi connectivity index (χ2v) is 3.19. The lowest BCUT2D eigenvalue weighted by Gasteiger charge is -2.04. The smallest absolute Gasteiger partial charge is 0.409 e. The highest BCUT2D eigenvalue weighted by molar-refractivity contribution is 5.83. The molecule has 0 bridgehead atoms. The molecule has 0 aliphatic heterocycles. The molecule has 0 atom stereocenters. The first-order chi connectivity index (χ1) is 7.68. The van der Waals surface area contributed by atoms with Crippen molar-refractivity contribution in [3.8, 4) is 5.69 Å². The number of carbonyl (C=O) groups is 1. The number of hydrogen-bond acceptors (Lipinski definition) is 3. The lowest BCUT2D eigenvalue weighted by atomic mass is 10.3. The van der Waals surface area contributed by atoms with Crippen LogP contribution >= 0.6 is 0 Å². The van der Waals surface area contributed by atoms with Gasteiger partial charge in [-0.05, 0) is 19.1 Å². The van der Waals surface area contributed by atoms with Crippen LogP contribution < -0.4 is 5.32 Å². The summed E-state index contributed by atoms with van der Waals surface area (Å²) in [7, 11) is 0. The Balaban J connectivity index is 2.37. The van der Waals surface area contributed by atoms with Crippen molar-refractivity contribution in [2.75, 3.05) is 5.32 Å². The van der Waals surface area contributed by atoms with Crippen molar-refractivity contribution in [3.63, 3.8) is 0 Å². The predicted molar refractivity (Wildman–Crippen MR) is 57.7 cm³/mol. The van der Waals surface area contributed by atoms with Gasteiger partial charge in [-0.1, -0.05) is 0 Å². The Morgan fingerprint density at radius 1 is 1.44 bits per heavy atom. The predicted octanol–water partition coefficient (Wildman–Crippen LogP) is 1.67. The van der Waals surface area contributed by atoms with Crippen molar-refractivity contribution in [2.24, 2.45) is 0 Å². The zero-order valence-electron chi connectivity index (χ0n) is 8.58. The summed E-state index contributed by atoms with van der Waals surface area (Å²) in [4.78, 5) is 14.4. The zero-order chi connectivity index (χ0) is 11.5. The summed E-state index contributed by atoms with van der Waals surface area (Å²) in [5.41, 5.74) is 2.05. The Hall–Kier alpha value is -2.37. The number of rotatable bonds is 2. The Bertz CT molecular complexity index is 507. The number of hydrogen-bond donors (Lipinski definition) is 2. The number of aromatic nitrogens is 3. The van der Waals surface area contributed by atoms with Crippen molar-refractivity contribution in [1.29, 1.82) is 0 Å². The topological polar surface area (TPSA) is 80.0 Å². The molecule has 0 spiro atoms. The van der Waals surface area contributed by atoms with Crippen molar-refractivity contribution < 1.29 is 9.90 Å². The largest absolute Gasteiger partial charge is 0.465 e. The molecule has 2 N–H and O–H groups in total. The number of pyridine rings is 1. The normalized spacial score (nSPS) is 10.1. The van der Waals surface area contributed by atoms with E-state index < -0.39 is 6.09 Å². The Morgan fingerprint density at radius 3 is 2.75 bits per heavy atom. The quantitative estimate of drug-likeness (QED) is 0.803. The molecule has 6 heteroatoms. The molecule has 6 nitrogen and oxygen atoms in total. The van der Waals surface area contributed by atoms with E-state index >= 15 is 0 Å². The average molecular weight is 218 g/mol. The minimum atomic E-state index is -1.10. The summed E-state index contributed by atoms with van der Waals surface area (Å²) in [6.45, 7) is 1.79. The van der Waals surface area contributed by atoms with Gasteiger partial charge in [0.2, 0.25) is 0 Å². The zero-order valence-corrected chi connectivity index (χ0v) is 8.58. The average Bonchev–Trinajstić information content (AvgIpc) is 2.61.